The summed E-state index contributed by atoms with van der Waals surface area (Å²) >= 11 is 0. The van der Waals surface area contributed by atoms with E-state index in [2.05, 4.69) is 0 Å². The number of imide groups is 1. The van der Waals surface area contributed by atoms with Gasteiger partial charge in [0, 0.05) is 6.61 Å². The van der Waals surface area contributed by atoms with Crippen LogP contribution in [0.1, 0.15) is 61.0 Å². The highest BCUT2D eigenvalue weighted by molar-refractivity contribution is 6.21. The molecule has 398 valence electrons. The van der Waals surface area contributed by atoms with Gasteiger partial charge in [-0.1, -0.05) is 194 Å². The second kappa shape index (κ2) is 27.0. The largest absolute Gasteiger partial charge is 0.374 e. The quantitative estimate of drug-likeness (QED) is 0.0505. The smallest absolute Gasteiger partial charge is 0.262 e. The zero-order valence-electron chi connectivity index (χ0n) is 43.1. The Morgan fingerprint density at radius 1 is 0.364 bits per heavy atom. The third-order valence-corrected chi connectivity index (χ3v) is 13.9. The van der Waals surface area contributed by atoms with Gasteiger partial charge in [-0.2, -0.15) is 0 Å². The molecular formula is C64H65NO12. The van der Waals surface area contributed by atoms with E-state index < -0.39 is 73.2 Å². The summed E-state index contributed by atoms with van der Waals surface area (Å²) in [6.07, 6.45) is -8.92. The van der Waals surface area contributed by atoms with Crippen LogP contribution in [0.2, 0.25) is 0 Å². The van der Waals surface area contributed by atoms with Gasteiger partial charge in [0.25, 0.3) is 11.8 Å². The topological polar surface area (TPSA) is 130 Å². The maximum absolute atomic E-state index is 14.7. The number of carbonyl (C=O) groups excluding carboxylic acids is 2. The van der Waals surface area contributed by atoms with Gasteiger partial charge in [-0.25, -0.2) is 0 Å². The van der Waals surface area contributed by atoms with Gasteiger partial charge in [-0.3, -0.25) is 14.5 Å². The molecule has 3 aliphatic heterocycles. The summed E-state index contributed by atoms with van der Waals surface area (Å²) < 4.78 is 69.5. The number of hydrogen-bond donors (Lipinski definition) is 0. The first kappa shape index (κ1) is 53.7. The predicted molar refractivity (Wildman–Crippen MR) is 287 cm³/mol. The molecule has 0 radical (unpaired) electrons. The highest BCUT2D eigenvalue weighted by atomic mass is 16.8. The van der Waals surface area contributed by atoms with Crippen molar-refractivity contribution in [2.75, 3.05) is 19.8 Å². The van der Waals surface area contributed by atoms with Crippen molar-refractivity contribution in [3.8, 4) is 0 Å². The monoisotopic (exact) mass is 1040 g/mol. The van der Waals surface area contributed by atoms with Crippen molar-refractivity contribution >= 4 is 11.8 Å². The van der Waals surface area contributed by atoms with Gasteiger partial charge in [0.2, 0.25) is 0 Å². The van der Waals surface area contributed by atoms with Crippen LogP contribution in [0, 0.1) is 0 Å². The van der Waals surface area contributed by atoms with Crippen molar-refractivity contribution in [2.24, 2.45) is 0 Å². The normalized spacial score (nSPS) is 24.2. The SMILES string of the molecule is CCO[C@@H]1O[C@H](COCc2ccccc2)[C@@H](O[C@H]2O[C@H](COCc3ccccc3)[C@H](OCc3ccccc3)[C@H](OCc3ccccc3)[C@H]2OCc2ccccc2)[C@H](OCc2ccccc2)[C@H]1N1C(=O)c2ccccc2C1=O. The average molecular weight is 1040 g/mol. The molecule has 0 spiro atoms. The lowest BCUT2D eigenvalue weighted by atomic mass is 9.93. The molecule has 2 amide bonds. The van der Waals surface area contributed by atoms with Crippen LogP contribution in [-0.2, 0) is 87.0 Å². The van der Waals surface area contributed by atoms with Crippen LogP contribution in [0.25, 0.3) is 0 Å². The summed E-state index contributed by atoms with van der Waals surface area (Å²) in [5.74, 6) is -1.01. The molecule has 0 N–H and O–H groups in total. The standard InChI is InChI=1S/C64H65NO12/c1-2-70-63-55(65-61(66)51-35-21-22-36-52(51)62(65)67)58(72-40-48-29-15-6-16-30-48)57(54(75-63)44-69-38-46-25-11-4-12-26-46)77-64-60(74-42-50-33-19-8-20-34-50)59(73-41-49-31-17-7-18-32-49)56(71-39-47-27-13-5-14-28-47)53(76-64)43-68-37-45-23-9-3-10-24-45/h3-36,53-60,63-64H,2,37-44H2,1H3/t53-,54-,55-,56+,57-,58-,59+,60-,63-,64-/m1/s1. The fraction of sp³-hybridized carbons (Fsp3) is 0.312. The second-order valence-electron chi connectivity index (χ2n) is 19.2. The first-order valence-electron chi connectivity index (χ1n) is 26.4. The molecule has 7 aromatic carbocycles. The molecule has 2 saturated heterocycles. The van der Waals surface area contributed by atoms with Crippen LogP contribution >= 0.6 is 0 Å². The Kier molecular flexibility index (Phi) is 18.9. The zero-order valence-corrected chi connectivity index (χ0v) is 43.1. The minimum Gasteiger partial charge on any atom is -0.374 e. The van der Waals surface area contributed by atoms with Crippen LogP contribution < -0.4 is 0 Å². The highest BCUT2D eigenvalue weighted by Crippen LogP contribution is 2.39. The van der Waals surface area contributed by atoms with Crippen LogP contribution in [0.3, 0.4) is 0 Å². The Balaban J connectivity index is 1.08. The number of benzene rings is 7. The van der Waals surface area contributed by atoms with Crippen LogP contribution in [0.4, 0.5) is 0 Å². The van der Waals surface area contributed by atoms with E-state index in [0.717, 1.165) is 33.4 Å². The molecule has 77 heavy (non-hydrogen) atoms. The fourth-order valence-electron chi connectivity index (χ4n) is 10.1. The summed E-state index contributed by atoms with van der Waals surface area (Å²) in [4.78, 5) is 30.6. The predicted octanol–water partition coefficient (Wildman–Crippen LogP) is 10.3. The average Bonchev–Trinajstić information content (AvgIpc) is 3.78. The Morgan fingerprint density at radius 2 is 0.701 bits per heavy atom. The van der Waals surface area contributed by atoms with Crippen molar-refractivity contribution in [1.29, 1.82) is 0 Å². The Bertz CT molecular complexity index is 2850. The molecule has 0 saturated carbocycles. The van der Waals surface area contributed by atoms with E-state index in [9.17, 15) is 9.59 Å². The van der Waals surface area contributed by atoms with Crippen LogP contribution in [0.5, 0.6) is 0 Å². The van der Waals surface area contributed by atoms with Crippen molar-refractivity contribution < 1.29 is 57.0 Å². The lowest BCUT2D eigenvalue weighted by Crippen LogP contribution is -2.69. The van der Waals surface area contributed by atoms with Crippen molar-refractivity contribution in [2.45, 2.75) is 108 Å². The van der Waals surface area contributed by atoms with E-state index in [1.165, 1.54) is 4.90 Å². The lowest BCUT2D eigenvalue weighted by molar-refractivity contribution is -0.367. The number of rotatable bonds is 25. The maximum Gasteiger partial charge on any atom is 0.262 e. The van der Waals surface area contributed by atoms with E-state index >= 15 is 0 Å². The van der Waals surface area contributed by atoms with Gasteiger partial charge < -0.3 is 47.4 Å². The molecule has 10 atom stereocenters. The Morgan fingerprint density at radius 3 is 1.12 bits per heavy atom. The molecule has 13 nitrogen and oxygen atoms in total. The number of amides is 2. The zero-order chi connectivity index (χ0) is 52.6. The summed E-state index contributed by atoms with van der Waals surface area (Å²) in [7, 11) is 0. The molecule has 0 bridgehead atoms. The first-order valence-corrected chi connectivity index (χ1v) is 26.4. The van der Waals surface area contributed by atoms with E-state index in [-0.39, 0.29) is 64.0 Å². The van der Waals surface area contributed by atoms with E-state index in [4.69, 9.17) is 47.4 Å². The molecule has 13 heteroatoms. The Hall–Kier alpha value is -6.72. The molecule has 3 heterocycles. The van der Waals surface area contributed by atoms with Crippen LogP contribution in [0.15, 0.2) is 206 Å². The third-order valence-electron chi connectivity index (χ3n) is 13.9. The Labute approximate surface area is 450 Å². The summed E-state index contributed by atoms with van der Waals surface area (Å²) in [5, 5.41) is 0. The molecule has 0 aliphatic carbocycles. The number of carbonyl (C=O) groups is 2. The van der Waals surface area contributed by atoms with Gasteiger partial charge >= 0.3 is 0 Å². The van der Waals surface area contributed by atoms with Gasteiger partial charge in [0.15, 0.2) is 12.6 Å². The van der Waals surface area contributed by atoms with E-state index in [1.807, 2.05) is 189 Å². The molecule has 10 rings (SSSR count). The molecule has 0 unspecified atom stereocenters. The second-order valence-corrected chi connectivity index (χ2v) is 19.2. The number of fused-ring (bicyclic) bond motifs is 1. The fourth-order valence-corrected chi connectivity index (χ4v) is 10.1. The van der Waals surface area contributed by atoms with Crippen molar-refractivity contribution in [3.63, 3.8) is 0 Å². The third kappa shape index (κ3) is 13.7. The van der Waals surface area contributed by atoms with E-state index in [1.54, 1.807) is 24.3 Å². The van der Waals surface area contributed by atoms with Crippen molar-refractivity contribution in [1.82, 2.24) is 4.90 Å². The molecule has 2 fully saturated rings. The summed E-state index contributed by atoms with van der Waals surface area (Å²) in [6, 6.07) is 64.8. The van der Waals surface area contributed by atoms with E-state index in [0.29, 0.717) is 6.61 Å². The molecular weight excluding hydrogens is 975 g/mol. The number of ether oxygens (including phenoxy) is 10. The first-order chi connectivity index (χ1) is 38.0. The number of hydrogen-bond acceptors (Lipinski definition) is 12. The van der Waals surface area contributed by atoms with Gasteiger partial charge in [-0.05, 0) is 52.4 Å². The lowest BCUT2D eigenvalue weighted by Gasteiger charge is -2.51. The van der Waals surface area contributed by atoms with Crippen LogP contribution in [-0.4, -0.2) is 97.9 Å². The molecule has 7 aromatic rings. The highest BCUT2D eigenvalue weighted by Gasteiger charge is 2.58. The minimum absolute atomic E-state index is 0.00814. The summed E-state index contributed by atoms with van der Waals surface area (Å²) in [6.45, 7) is 3.32. The van der Waals surface area contributed by atoms with Gasteiger partial charge in [0.05, 0.1) is 64.0 Å². The van der Waals surface area contributed by atoms with Gasteiger partial charge in [-0.15, -0.1) is 0 Å². The van der Waals surface area contributed by atoms with Crippen molar-refractivity contribution in [3.05, 3.63) is 251 Å². The maximum atomic E-state index is 14.7. The minimum atomic E-state index is -1.24. The number of nitrogens with zero attached hydrogens (tertiary/aromatic N) is 1. The molecule has 0 aromatic heterocycles. The van der Waals surface area contributed by atoms with Gasteiger partial charge in [0.1, 0.15) is 48.8 Å². The summed E-state index contributed by atoms with van der Waals surface area (Å²) in [5.41, 5.74) is 6.12. The molecule has 3 aliphatic rings.